The molecule has 3 rings (SSSR count). The Morgan fingerprint density at radius 1 is 1.07 bits per heavy atom. The van der Waals surface area contributed by atoms with Crippen molar-refractivity contribution in [1.29, 1.82) is 0 Å². The average Bonchev–Trinajstić information content (AvgIpc) is 2.83. The molecule has 0 aliphatic heterocycles. The van der Waals surface area contributed by atoms with Crippen LogP contribution in [-0.4, -0.2) is 6.04 Å². The Labute approximate surface area is 89.7 Å². The Morgan fingerprint density at radius 3 is 2.47 bits per heavy atom. The number of benzene rings is 1. The lowest BCUT2D eigenvalue weighted by Gasteiger charge is -2.23. The second-order valence-electron chi connectivity index (χ2n) is 4.93. The van der Waals surface area contributed by atoms with E-state index >= 15 is 0 Å². The zero-order chi connectivity index (χ0) is 10.3. The third kappa shape index (κ3) is 1.73. The summed E-state index contributed by atoms with van der Waals surface area (Å²) in [6.45, 7) is 0. The molecule has 1 N–H and O–H groups in total. The molecule has 0 aromatic heterocycles. The molecule has 2 aliphatic rings. The fourth-order valence-corrected chi connectivity index (χ4v) is 3.18. The number of hydrogen-bond acceptors (Lipinski definition) is 1. The van der Waals surface area contributed by atoms with Crippen molar-refractivity contribution in [3.05, 3.63) is 30.1 Å². The summed E-state index contributed by atoms with van der Waals surface area (Å²) >= 11 is 0. The molecule has 3 atom stereocenters. The first-order valence-electron chi connectivity index (χ1n) is 5.83. The van der Waals surface area contributed by atoms with Crippen molar-refractivity contribution in [2.24, 2.45) is 11.8 Å². The Balaban J connectivity index is 1.68. The van der Waals surface area contributed by atoms with Crippen LogP contribution in [0.5, 0.6) is 0 Å². The molecule has 0 saturated heterocycles. The highest BCUT2D eigenvalue weighted by molar-refractivity contribution is 5.44. The third-order valence-electron chi connectivity index (χ3n) is 3.93. The number of fused-ring (bicyclic) bond motifs is 2. The molecule has 80 valence electrons. The fraction of sp³-hybridized carbons (Fsp3) is 0.538. The molecule has 0 heterocycles. The summed E-state index contributed by atoms with van der Waals surface area (Å²) in [5.74, 6) is 1.65. The van der Waals surface area contributed by atoms with Gasteiger partial charge in [-0.15, -0.1) is 0 Å². The highest BCUT2D eigenvalue weighted by atomic mass is 19.1. The van der Waals surface area contributed by atoms with E-state index in [1.807, 2.05) is 12.1 Å². The fourth-order valence-electron chi connectivity index (χ4n) is 3.18. The molecular formula is C13H16FN. The van der Waals surface area contributed by atoms with Crippen LogP contribution in [0.4, 0.5) is 10.1 Å². The minimum absolute atomic E-state index is 0.159. The Morgan fingerprint density at radius 2 is 1.87 bits per heavy atom. The summed E-state index contributed by atoms with van der Waals surface area (Å²) < 4.78 is 12.7. The number of anilines is 1. The van der Waals surface area contributed by atoms with Gasteiger partial charge in [0.1, 0.15) is 5.82 Å². The van der Waals surface area contributed by atoms with E-state index in [2.05, 4.69) is 5.32 Å². The van der Waals surface area contributed by atoms with Gasteiger partial charge in [-0.05, 0) is 55.4 Å². The lowest BCUT2D eigenvalue weighted by atomic mass is 9.95. The van der Waals surface area contributed by atoms with Gasteiger partial charge in [0, 0.05) is 11.7 Å². The van der Waals surface area contributed by atoms with Crippen molar-refractivity contribution < 1.29 is 4.39 Å². The molecular weight excluding hydrogens is 189 g/mol. The standard InChI is InChI=1S/C13H16FN/c14-11-3-5-12(6-4-11)15-13-8-9-1-2-10(13)7-9/h3-6,9-10,13,15H,1-2,7-8H2/t9-,10-,13+/m0/s1. The smallest absolute Gasteiger partial charge is 0.123 e. The van der Waals surface area contributed by atoms with E-state index < -0.39 is 0 Å². The van der Waals surface area contributed by atoms with Crippen LogP contribution in [0.25, 0.3) is 0 Å². The van der Waals surface area contributed by atoms with Gasteiger partial charge in [0.15, 0.2) is 0 Å². The van der Waals surface area contributed by atoms with Gasteiger partial charge in [0.25, 0.3) is 0 Å². The van der Waals surface area contributed by atoms with Crippen LogP contribution < -0.4 is 5.32 Å². The van der Waals surface area contributed by atoms with Gasteiger partial charge < -0.3 is 5.32 Å². The predicted octanol–water partition coefficient (Wildman–Crippen LogP) is 3.43. The zero-order valence-electron chi connectivity index (χ0n) is 8.75. The first-order chi connectivity index (χ1) is 7.31. The molecule has 2 bridgehead atoms. The maximum atomic E-state index is 12.7. The maximum Gasteiger partial charge on any atom is 0.123 e. The molecule has 1 aromatic carbocycles. The minimum atomic E-state index is -0.159. The normalized spacial score (nSPS) is 33.3. The summed E-state index contributed by atoms with van der Waals surface area (Å²) in [4.78, 5) is 0. The summed E-state index contributed by atoms with van der Waals surface area (Å²) in [6.07, 6.45) is 5.51. The lowest BCUT2D eigenvalue weighted by Crippen LogP contribution is -2.25. The van der Waals surface area contributed by atoms with Crippen molar-refractivity contribution in [2.45, 2.75) is 31.7 Å². The van der Waals surface area contributed by atoms with Gasteiger partial charge in [-0.2, -0.15) is 0 Å². The summed E-state index contributed by atoms with van der Waals surface area (Å²) in [5, 5.41) is 3.53. The highest BCUT2D eigenvalue weighted by Crippen LogP contribution is 2.45. The van der Waals surface area contributed by atoms with Crippen LogP contribution in [0.15, 0.2) is 24.3 Å². The summed E-state index contributed by atoms with van der Waals surface area (Å²) in [5.41, 5.74) is 1.06. The second kappa shape index (κ2) is 3.51. The third-order valence-corrected chi connectivity index (χ3v) is 3.93. The molecule has 0 amide bonds. The molecule has 0 spiro atoms. The molecule has 0 unspecified atom stereocenters. The topological polar surface area (TPSA) is 12.0 Å². The van der Waals surface area contributed by atoms with Gasteiger partial charge >= 0.3 is 0 Å². The van der Waals surface area contributed by atoms with Crippen LogP contribution in [0.3, 0.4) is 0 Å². The minimum Gasteiger partial charge on any atom is -0.382 e. The maximum absolute atomic E-state index is 12.7. The van der Waals surface area contributed by atoms with Crippen LogP contribution in [0.2, 0.25) is 0 Å². The number of nitrogens with one attached hydrogen (secondary N) is 1. The second-order valence-corrected chi connectivity index (χ2v) is 4.93. The van der Waals surface area contributed by atoms with E-state index in [0.29, 0.717) is 6.04 Å². The Bertz CT molecular complexity index is 346. The largest absolute Gasteiger partial charge is 0.382 e. The van der Waals surface area contributed by atoms with E-state index in [9.17, 15) is 4.39 Å². The highest BCUT2D eigenvalue weighted by Gasteiger charge is 2.39. The van der Waals surface area contributed by atoms with Crippen LogP contribution in [-0.2, 0) is 0 Å². The lowest BCUT2D eigenvalue weighted by molar-refractivity contribution is 0.440. The Kier molecular flexibility index (Phi) is 2.15. The van der Waals surface area contributed by atoms with Crippen LogP contribution in [0, 0.1) is 17.7 Å². The number of halogens is 1. The van der Waals surface area contributed by atoms with Crippen molar-refractivity contribution >= 4 is 5.69 Å². The molecule has 2 heteroatoms. The first kappa shape index (κ1) is 9.20. The first-order valence-corrected chi connectivity index (χ1v) is 5.83. The molecule has 1 nitrogen and oxygen atoms in total. The molecule has 15 heavy (non-hydrogen) atoms. The van der Waals surface area contributed by atoms with Gasteiger partial charge in [-0.1, -0.05) is 6.42 Å². The van der Waals surface area contributed by atoms with E-state index in [1.165, 1.54) is 37.8 Å². The van der Waals surface area contributed by atoms with Crippen molar-refractivity contribution in [2.75, 3.05) is 5.32 Å². The SMILES string of the molecule is Fc1ccc(N[C@@H]2C[C@H]3CC[C@H]2C3)cc1. The van der Waals surface area contributed by atoms with E-state index in [4.69, 9.17) is 0 Å². The van der Waals surface area contributed by atoms with Crippen LogP contribution in [0.1, 0.15) is 25.7 Å². The monoisotopic (exact) mass is 205 g/mol. The summed E-state index contributed by atoms with van der Waals surface area (Å²) in [7, 11) is 0. The average molecular weight is 205 g/mol. The molecule has 2 fully saturated rings. The van der Waals surface area contributed by atoms with Crippen molar-refractivity contribution in [1.82, 2.24) is 0 Å². The van der Waals surface area contributed by atoms with Crippen molar-refractivity contribution in [3.63, 3.8) is 0 Å². The van der Waals surface area contributed by atoms with E-state index in [0.717, 1.165) is 17.5 Å². The summed E-state index contributed by atoms with van der Waals surface area (Å²) in [6, 6.07) is 7.35. The predicted molar refractivity (Wildman–Crippen MR) is 59.3 cm³/mol. The van der Waals surface area contributed by atoms with Gasteiger partial charge in [0.2, 0.25) is 0 Å². The van der Waals surface area contributed by atoms with Crippen molar-refractivity contribution in [3.8, 4) is 0 Å². The number of rotatable bonds is 2. The molecule has 2 aliphatic carbocycles. The van der Waals surface area contributed by atoms with E-state index in [1.54, 1.807) is 0 Å². The van der Waals surface area contributed by atoms with Crippen LogP contribution >= 0.6 is 0 Å². The number of hydrogen-bond donors (Lipinski definition) is 1. The van der Waals surface area contributed by atoms with Gasteiger partial charge in [0.05, 0.1) is 0 Å². The van der Waals surface area contributed by atoms with E-state index in [-0.39, 0.29) is 5.82 Å². The Hall–Kier alpha value is -1.05. The van der Waals surface area contributed by atoms with Gasteiger partial charge in [-0.3, -0.25) is 0 Å². The molecule has 2 saturated carbocycles. The molecule has 0 radical (unpaired) electrons. The molecule has 1 aromatic rings. The van der Waals surface area contributed by atoms with Gasteiger partial charge in [-0.25, -0.2) is 4.39 Å². The zero-order valence-corrected chi connectivity index (χ0v) is 8.75. The quantitative estimate of drug-likeness (QED) is 0.780.